The number of hydrogen-bond donors (Lipinski definition) is 0. The Balaban J connectivity index is 2.16. The Labute approximate surface area is 141 Å². The summed E-state index contributed by atoms with van der Waals surface area (Å²) in [5.41, 5.74) is 1.35. The molecule has 2 aliphatic rings. The molecule has 0 saturated carbocycles. The van der Waals surface area contributed by atoms with Crippen molar-refractivity contribution >= 4 is 11.6 Å². The fourth-order valence-corrected chi connectivity index (χ4v) is 2.72. The lowest BCUT2D eigenvalue weighted by molar-refractivity contribution is 0.0528. The maximum Gasteiger partial charge on any atom is 0.284 e. The molecule has 1 aromatic carbocycles. The van der Waals surface area contributed by atoms with Gasteiger partial charge in [-0.2, -0.15) is 0 Å². The van der Waals surface area contributed by atoms with Crippen LogP contribution in [0, 0.1) is 5.41 Å². The predicted molar refractivity (Wildman–Crippen MR) is 90.5 cm³/mol. The van der Waals surface area contributed by atoms with Crippen LogP contribution in [0.15, 0.2) is 59.3 Å². The van der Waals surface area contributed by atoms with Gasteiger partial charge in [0.2, 0.25) is 0 Å². The molecule has 0 unspecified atom stereocenters. The van der Waals surface area contributed by atoms with E-state index in [-0.39, 0.29) is 22.6 Å². The molecule has 0 N–H and O–H groups in total. The maximum absolute atomic E-state index is 12.7. The number of allylic oxidation sites excluding steroid dienone is 5. The van der Waals surface area contributed by atoms with Crippen molar-refractivity contribution in [1.29, 1.82) is 0 Å². The van der Waals surface area contributed by atoms with Gasteiger partial charge in [0.15, 0.2) is 11.6 Å². The van der Waals surface area contributed by atoms with Gasteiger partial charge in [0.05, 0.1) is 12.2 Å². The van der Waals surface area contributed by atoms with E-state index >= 15 is 0 Å². The van der Waals surface area contributed by atoms with Crippen LogP contribution in [0.4, 0.5) is 0 Å². The molecule has 0 spiro atoms. The van der Waals surface area contributed by atoms with Gasteiger partial charge in [0.1, 0.15) is 5.76 Å². The van der Waals surface area contributed by atoms with Crippen LogP contribution >= 0.6 is 0 Å². The van der Waals surface area contributed by atoms with Gasteiger partial charge in [-0.1, -0.05) is 45.0 Å². The van der Waals surface area contributed by atoms with Crippen LogP contribution in [0.3, 0.4) is 0 Å². The van der Waals surface area contributed by atoms with E-state index in [1.54, 1.807) is 36.4 Å². The molecule has 1 aliphatic heterocycles. The molecule has 0 bridgehead atoms. The monoisotopic (exact) mass is 324 g/mol. The molecule has 0 fully saturated rings. The van der Waals surface area contributed by atoms with Gasteiger partial charge in [-0.15, -0.1) is 0 Å². The smallest absolute Gasteiger partial charge is 0.284 e. The number of benzene rings is 1. The predicted octanol–water partition coefficient (Wildman–Crippen LogP) is 4.20. The minimum absolute atomic E-state index is 0.179. The van der Waals surface area contributed by atoms with Gasteiger partial charge in [-0.05, 0) is 18.6 Å². The van der Waals surface area contributed by atoms with Crippen molar-refractivity contribution in [3.63, 3.8) is 0 Å². The maximum atomic E-state index is 12.7. The minimum Gasteiger partial charge on any atom is -0.465 e. The van der Waals surface area contributed by atoms with Gasteiger partial charge >= 0.3 is 0 Å². The lowest BCUT2D eigenvalue weighted by Crippen LogP contribution is -2.17. The van der Waals surface area contributed by atoms with Crippen LogP contribution in [0.2, 0.25) is 0 Å². The summed E-state index contributed by atoms with van der Waals surface area (Å²) < 4.78 is 11.3. The number of fused-ring (bicyclic) bond motifs is 1. The zero-order chi connectivity index (χ0) is 17.5. The standard InChI is InChI=1S/C20H20O4/c1-5-23-16-11-12(10-15(24-16)20(2,3)4)17-18(21)13-8-6-7-9-14(13)19(17)22/h6-11H,5H2,1-4H3. The molecule has 124 valence electrons. The minimum atomic E-state index is -0.278. The third kappa shape index (κ3) is 2.68. The number of ketones is 2. The van der Waals surface area contributed by atoms with Crippen molar-refractivity contribution in [3.8, 4) is 0 Å². The second-order valence-corrected chi connectivity index (χ2v) is 6.79. The number of carbonyl (C=O) groups excluding carboxylic acids is 2. The van der Waals surface area contributed by atoms with Crippen molar-refractivity contribution in [1.82, 2.24) is 0 Å². The summed E-state index contributed by atoms with van der Waals surface area (Å²) >= 11 is 0. The van der Waals surface area contributed by atoms with Gasteiger partial charge in [0.25, 0.3) is 5.95 Å². The Kier molecular flexibility index (Phi) is 3.91. The van der Waals surface area contributed by atoms with Gasteiger partial charge in [-0.25, -0.2) is 0 Å². The quantitative estimate of drug-likeness (QED) is 0.604. The Morgan fingerprint density at radius 3 is 2.08 bits per heavy atom. The summed E-state index contributed by atoms with van der Waals surface area (Å²) in [7, 11) is 0. The number of Topliss-reactive ketones (excluding diaryl/α,β-unsaturated/α-hetero) is 2. The first-order valence-corrected chi connectivity index (χ1v) is 8.00. The molecule has 1 aliphatic carbocycles. The molecular formula is C20H20O4. The number of hydrogen-bond acceptors (Lipinski definition) is 4. The lowest BCUT2D eigenvalue weighted by atomic mass is 9.90. The Bertz CT molecular complexity index is 779. The summed E-state index contributed by atoms with van der Waals surface area (Å²) in [5, 5.41) is 0. The number of rotatable bonds is 2. The van der Waals surface area contributed by atoms with E-state index in [4.69, 9.17) is 9.47 Å². The van der Waals surface area contributed by atoms with Crippen molar-refractivity contribution in [3.05, 3.63) is 70.4 Å². The van der Waals surface area contributed by atoms with E-state index < -0.39 is 0 Å². The second kappa shape index (κ2) is 5.78. The van der Waals surface area contributed by atoms with Crippen LogP contribution in [0.1, 0.15) is 48.4 Å². The molecule has 4 heteroatoms. The van der Waals surface area contributed by atoms with E-state index in [2.05, 4.69) is 0 Å². The van der Waals surface area contributed by atoms with Crippen LogP contribution in [0.5, 0.6) is 0 Å². The summed E-state index contributed by atoms with van der Waals surface area (Å²) in [6.07, 6.45) is 3.38. The molecule has 1 aromatic rings. The fraction of sp³-hybridized carbons (Fsp3) is 0.300. The van der Waals surface area contributed by atoms with Crippen LogP contribution in [0.25, 0.3) is 0 Å². The van der Waals surface area contributed by atoms with E-state index in [9.17, 15) is 9.59 Å². The molecule has 1 heterocycles. The highest BCUT2D eigenvalue weighted by Crippen LogP contribution is 2.36. The fourth-order valence-electron chi connectivity index (χ4n) is 2.72. The molecule has 0 atom stereocenters. The zero-order valence-electron chi connectivity index (χ0n) is 14.3. The Hall–Kier alpha value is -2.62. The molecule has 0 aromatic heterocycles. The molecule has 3 rings (SSSR count). The molecule has 0 radical (unpaired) electrons. The first-order valence-electron chi connectivity index (χ1n) is 8.00. The molecule has 4 nitrogen and oxygen atoms in total. The molecule has 24 heavy (non-hydrogen) atoms. The lowest BCUT2D eigenvalue weighted by Gasteiger charge is -2.27. The zero-order valence-corrected chi connectivity index (χ0v) is 14.3. The molecule has 0 amide bonds. The highest BCUT2D eigenvalue weighted by atomic mass is 16.7. The number of ether oxygens (including phenoxy) is 2. The second-order valence-electron chi connectivity index (χ2n) is 6.79. The van der Waals surface area contributed by atoms with E-state index in [1.165, 1.54) is 0 Å². The topological polar surface area (TPSA) is 52.6 Å². The van der Waals surface area contributed by atoms with Crippen LogP contribution in [-0.2, 0) is 9.47 Å². The summed E-state index contributed by atoms with van der Waals surface area (Å²) in [5.74, 6) is 0.477. The first kappa shape index (κ1) is 16.2. The van der Waals surface area contributed by atoms with Crippen LogP contribution in [-0.4, -0.2) is 18.2 Å². The van der Waals surface area contributed by atoms with Crippen LogP contribution < -0.4 is 0 Å². The van der Waals surface area contributed by atoms with Gasteiger partial charge in [0, 0.05) is 22.6 Å². The Morgan fingerprint density at radius 1 is 1.00 bits per heavy atom. The third-order valence-corrected chi connectivity index (χ3v) is 3.96. The highest BCUT2D eigenvalue weighted by molar-refractivity contribution is 6.40. The average molecular weight is 324 g/mol. The Morgan fingerprint density at radius 2 is 1.58 bits per heavy atom. The molecular weight excluding hydrogens is 304 g/mol. The molecule has 0 saturated heterocycles. The first-order chi connectivity index (χ1) is 11.3. The van der Waals surface area contributed by atoms with Crippen molar-refractivity contribution in [2.75, 3.05) is 6.61 Å². The van der Waals surface area contributed by atoms with Gasteiger partial charge in [-0.3, -0.25) is 9.59 Å². The summed E-state index contributed by atoms with van der Waals surface area (Å²) in [6.45, 7) is 8.30. The third-order valence-electron chi connectivity index (χ3n) is 3.96. The van der Waals surface area contributed by atoms with E-state index in [0.29, 0.717) is 35.0 Å². The van der Waals surface area contributed by atoms with E-state index in [1.807, 2.05) is 27.7 Å². The largest absolute Gasteiger partial charge is 0.465 e. The van der Waals surface area contributed by atoms with Gasteiger partial charge < -0.3 is 9.47 Å². The van der Waals surface area contributed by atoms with Crippen molar-refractivity contribution in [2.45, 2.75) is 27.7 Å². The average Bonchev–Trinajstić information content (AvgIpc) is 2.78. The SMILES string of the molecule is CCOC1=CC(=C2C(=O)c3ccccc3C2=O)C=C(C(C)(C)C)O1. The number of carbonyl (C=O) groups is 2. The summed E-state index contributed by atoms with van der Waals surface area (Å²) in [6, 6.07) is 6.90. The van der Waals surface area contributed by atoms with Crippen molar-refractivity contribution < 1.29 is 19.1 Å². The summed E-state index contributed by atoms with van der Waals surface area (Å²) in [4.78, 5) is 25.4. The van der Waals surface area contributed by atoms with Crippen molar-refractivity contribution in [2.24, 2.45) is 5.41 Å². The normalized spacial score (nSPS) is 17.3. The highest BCUT2D eigenvalue weighted by Gasteiger charge is 2.36. The van der Waals surface area contributed by atoms with E-state index in [0.717, 1.165) is 0 Å².